The Bertz CT molecular complexity index is 307. The molecule has 2 N–H and O–H groups in total. The number of rotatable bonds is 6. The number of hydrogen-bond acceptors (Lipinski definition) is 3. The summed E-state index contributed by atoms with van der Waals surface area (Å²) < 4.78 is 0. The van der Waals surface area contributed by atoms with Crippen LogP contribution in [0.3, 0.4) is 0 Å². The second-order valence-electron chi connectivity index (χ2n) is 3.77. The molecule has 1 heterocycles. The molecule has 0 aliphatic carbocycles. The van der Waals surface area contributed by atoms with Crippen molar-refractivity contribution in [3.63, 3.8) is 0 Å². The third kappa shape index (κ3) is 3.32. The van der Waals surface area contributed by atoms with Gasteiger partial charge in [0.15, 0.2) is 0 Å². The summed E-state index contributed by atoms with van der Waals surface area (Å²) in [5.41, 5.74) is 5.61. The number of carbonyl (C=O) groups excluding carboxylic acids is 1. The van der Waals surface area contributed by atoms with E-state index >= 15 is 0 Å². The number of nitrogens with zero attached hydrogens (tertiary/aromatic N) is 1. The van der Waals surface area contributed by atoms with Crippen molar-refractivity contribution in [3.05, 3.63) is 22.4 Å². The van der Waals surface area contributed by atoms with Crippen molar-refractivity contribution in [2.45, 2.75) is 26.8 Å². The summed E-state index contributed by atoms with van der Waals surface area (Å²) >= 11 is 1.69. The summed E-state index contributed by atoms with van der Waals surface area (Å²) in [5, 5.41) is 2.04. The molecule has 0 spiro atoms. The zero-order valence-electron chi connectivity index (χ0n) is 9.98. The Morgan fingerprint density at radius 3 is 2.75 bits per heavy atom. The molecule has 1 aromatic heterocycles. The molecule has 3 nitrogen and oxygen atoms in total. The van der Waals surface area contributed by atoms with E-state index in [2.05, 4.69) is 6.07 Å². The molecule has 1 amide bonds. The fourth-order valence-electron chi connectivity index (χ4n) is 1.64. The van der Waals surface area contributed by atoms with Crippen LogP contribution < -0.4 is 5.73 Å². The maximum absolute atomic E-state index is 12.1. The Kier molecular flexibility index (Phi) is 5.49. The lowest BCUT2D eigenvalue weighted by molar-refractivity contribution is -0.135. The molecule has 0 radical (unpaired) electrons. The van der Waals surface area contributed by atoms with Gasteiger partial charge in [-0.05, 0) is 24.8 Å². The summed E-state index contributed by atoms with van der Waals surface area (Å²) in [6.07, 6.45) is 0.816. The molecule has 90 valence electrons. The molecule has 0 saturated carbocycles. The van der Waals surface area contributed by atoms with Gasteiger partial charge < -0.3 is 10.6 Å². The molecule has 0 bridgehead atoms. The standard InChI is InChI=1S/C12H20N2OS/c1-3-10(8-13)12(15)14(4-2)9-11-6-5-7-16-11/h5-7,10H,3-4,8-9,13H2,1-2H3. The van der Waals surface area contributed by atoms with Crippen molar-refractivity contribution < 1.29 is 4.79 Å². The van der Waals surface area contributed by atoms with Crippen LogP contribution in [0.5, 0.6) is 0 Å². The Balaban J connectivity index is 2.63. The first-order valence-corrected chi connectivity index (χ1v) is 6.62. The Morgan fingerprint density at radius 2 is 2.31 bits per heavy atom. The van der Waals surface area contributed by atoms with Gasteiger partial charge in [-0.15, -0.1) is 11.3 Å². The van der Waals surface area contributed by atoms with Crippen LogP contribution in [0, 0.1) is 5.92 Å². The first kappa shape index (κ1) is 13.2. The first-order valence-electron chi connectivity index (χ1n) is 5.74. The monoisotopic (exact) mass is 240 g/mol. The van der Waals surface area contributed by atoms with Gasteiger partial charge in [0.2, 0.25) is 5.91 Å². The van der Waals surface area contributed by atoms with Crippen LogP contribution in [-0.4, -0.2) is 23.9 Å². The third-order valence-corrected chi connectivity index (χ3v) is 3.61. The van der Waals surface area contributed by atoms with Crippen LogP contribution in [-0.2, 0) is 11.3 Å². The molecular formula is C12H20N2OS. The van der Waals surface area contributed by atoms with Gasteiger partial charge in [0.25, 0.3) is 0 Å². The molecular weight excluding hydrogens is 220 g/mol. The van der Waals surface area contributed by atoms with Gasteiger partial charge in [-0.2, -0.15) is 0 Å². The second kappa shape index (κ2) is 6.66. The van der Waals surface area contributed by atoms with Crippen molar-refractivity contribution in [1.29, 1.82) is 0 Å². The van der Waals surface area contributed by atoms with Gasteiger partial charge in [-0.1, -0.05) is 13.0 Å². The highest BCUT2D eigenvalue weighted by atomic mass is 32.1. The highest BCUT2D eigenvalue weighted by Crippen LogP contribution is 2.14. The number of thiophene rings is 1. The number of carbonyl (C=O) groups is 1. The average molecular weight is 240 g/mol. The molecule has 0 fully saturated rings. The molecule has 0 saturated heterocycles. The lowest BCUT2D eigenvalue weighted by Gasteiger charge is -2.24. The van der Waals surface area contributed by atoms with Crippen LogP contribution in [0.4, 0.5) is 0 Å². The van der Waals surface area contributed by atoms with E-state index in [0.717, 1.165) is 13.0 Å². The van der Waals surface area contributed by atoms with Gasteiger partial charge >= 0.3 is 0 Å². The Morgan fingerprint density at radius 1 is 1.56 bits per heavy atom. The molecule has 16 heavy (non-hydrogen) atoms. The fraction of sp³-hybridized carbons (Fsp3) is 0.583. The van der Waals surface area contributed by atoms with Crippen LogP contribution in [0.25, 0.3) is 0 Å². The van der Waals surface area contributed by atoms with Crippen LogP contribution in [0.15, 0.2) is 17.5 Å². The van der Waals surface area contributed by atoms with Gasteiger partial charge in [-0.25, -0.2) is 0 Å². The summed E-state index contributed by atoms with van der Waals surface area (Å²) in [6, 6.07) is 4.07. The van der Waals surface area contributed by atoms with Crippen LogP contribution in [0.2, 0.25) is 0 Å². The minimum atomic E-state index is -0.0279. The van der Waals surface area contributed by atoms with E-state index in [1.54, 1.807) is 11.3 Å². The van der Waals surface area contributed by atoms with E-state index in [1.165, 1.54) is 4.88 Å². The predicted octanol–water partition coefficient (Wildman–Crippen LogP) is 2.08. The largest absolute Gasteiger partial charge is 0.338 e. The van der Waals surface area contributed by atoms with E-state index in [9.17, 15) is 4.79 Å². The van der Waals surface area contributed by atoms with Crippen LogP contribution in [0.1, 0.15) is 25.1 Å². The average Bonchev–Trinajstić information content (AvgIpc) is 2.80. The summed E-state index contributed by atoms with van der Waals surface area (Å²) in [6.45, 7) is 5.91. The van der Waals surface area contributed by atoms with E-state index in [4.69, 9.17) is 5.73 Å². The van der Waals surface area contributed by atoms with Crippen molar-refractivity contribution in [2.24, 2.45) is 11.7 Å². The minimum absolute atomic E-state index is 0.0279. The lowest BCUT2D eigenvalue weighted by Crippen LogP contribution is -2.38. The third-order valence-electron chi connectivity index (χ3n) is 2.75. The van der Waals surface area contributed by atoms with Crippen molar-refractivity contribution >= 4 is 17.2 Å². The molecule has 0 aliphatic heterocycles. The lowest BCUT2D eigenvalue weighted by atomic mass is 10.1. The molecule has 0 aromatic carbocycles. The van der Waals surface area contributed by atoms with Crippen molar-refractivity contribution in [3.8, 4) is 0 Å². The molecule has 0 aliphatic rings. The number of amides is 1. The van der Waals surface area contributed by atoms with Gasteiger partial charge in [0.05, 0.1) is 12.5 Å². The molecule has 1 rings (SSSR count). The van der Waals surface area contributed by atoms with Gasteiger partial charge in [0.1, 0.15) is 0 Å². The first-order chi connectivity index (χ1) is 7.72. The number of hydrogen-bond donors (Lipinski definition) is 1. The van der Waals surface area contributed by atoms with E-state index < -0.39 is 0 Å². The van der Waals surface area contributed by atoms with Crippen molar-refractivity contribution in [2.75, 3.05) is 13.1 Å². The maximum Gasteiger partial charge on any atom is 0.227 e. The Hall–Kier alpha value is -0.870. The minimum Gasteiger partial charge on any atom is -0.338 e. The quantitative estimate of drug-likeness (QED) is 0.827. The van der Waals surface area contributed by atoms with E-state index in [-0.39, 0.29) is 11.8 Å². The highest BCUT2D eigenvalue weighted by Gasteiger charge is 2.20. The molecule has 1 aromatic rings. The SMILES string of the molecule is CCC(CN)C(=O)N(CC)Cc1cccs1. The van der Waals surface area contributed by atoms with E-state index in [1.807, 2.05) is 30.2 Å². The fourth-order valence-corrected chi connectivity index (χ4v) is 2.36. The molecule has 4 heteroatoms. The van der Waals surface area contributed by atoms with Gasteiger partial charge in [0, 0.05) is 18.0 Å². The Labute approximate surface area is 101 Å². The molecule has 1 atom stereocenters. The van der Waals surface area contributed by atoms with Crippen LogP contribution >= 0.6 is 11.3 Å². The molecule has 1 unspecified atom stereocenters. The summed E-state index contributed by atoms with van der Waals surface area (Å²) in [5.74, 6) is 0.154. The maximum atomic E-state index is 12.1. The predicted molar refractivity (Wildman–Crippen MR) is 68.2 cm³/mol. The zero-order valence-corrected chi connectivity index (χ0v) is 10.8. The smallest absolute Gasteiger partial charge is 0.227 e. The summed E-state index contributed by atoms with van der Waals surface area (Å²) in [7, 11) is 0. The summed E-state index contributed by atoms with van der Waals surface area (Å²) in [4.78, 5) is 15.2. The van der Waals surface area contributed by atoms with Crippen molar-refractivity contribution in [1.82, 2.24) is 4.90 Å². The highest BCUT2D eigenvalue weighted by molar-refractivity contribution is 7.09. The second-order valence-corrected chi connectivity index (χ2v) is 4.80. The van der Waals surface area contributed by atoms with Gasteiger partial charge in [-0.3, -0.25) is 4.79 Å². The number of nitrogens with two attached hydrogens (primary N) is 1. The zero-order chi connectivity index (χ0) is 12.0. The topological polar surface area (TPSA) is 46.3 Å². The normalized spacial score (nSPS) is 12.4. The van der Waals surface area contributed by atoms with E-state index in [0.29, 0.717) is 13.1 Å².